The van der Waals surface area contributed by atoms with E-state index in [4.69, 9.17) is 9.84 Å². The number of aromatic nitrogens is 2. The van der Waals surface area contributed by atoms with E-state index in [1.807, 2.05) is 0 Å². The third kappa shape index (κ3) is 3.25. The molecule has 0 radical (unpaired) electrons. The van der Waals surface area contributed by atoms with E-state index in [2.05, 4.69) is 5.10 Å². The van der Waals surface area contributed by atoms with E-state index in [9.17, 15) is 14.0 Å². The minimum Gasteiger partial charge on any atom is -0.477 e. The highest BCUT2D eigenvalue weighted by Crippen LogP contribution is 2.16. The summed E-state index contributed by atoms with van der Waals surface area (Å²) in [6, 6.07) is 5.82. The van der Waals surface area contributed by atoms with Crippen LogP contribution in [0.25, 0.3) is 0 Å². The molecule has 0 aliphatic rings. The van der Waals surface area contributed by atoms with E-state index in [-0.39, 0.29) is 23.2 Å². The maximum atomic E-state index is 12.8. The minimum absolute atomic E-state index is 0.101. The number of benzene rings is 1. The number of nitrogens with zero attached hydrogens (tertiary/aromatic N) is 2. The molecule has 0 aliphatic carbocycles. The predicted octanol–water partition coefficient (Wildman–Crippen LogP) is 2.52. The Balaban J connectivity index is 2.25. The van der Waals surface area contributed by atoms with Crippen molar-refractivity contribution < 1.29 is 23.8 Å². The molecule has 1 aromatic carbocycles. The van der Waals surface area contributed by atoms with Gasteiger partial charge in [0.25, 0.3) is 0 Å². The van der Waals surface area contributed by atoms with E-state index in [1.165, 1.54) is 16.8 Å². The molecule has 0 aliphatic heterocycles. The fraction of sp³-hybridized carbons (Fsp3) is 0.214. The van der Waals surface area contributed by atoms with E-state index >= 15 is 0 Å². The van der Waals surface area contributed by atoms with Gasteiger partial charge in [-0.3, -0.25) is 4.68 Å². The molecule has 6 nitrogen and oxygen atoms in total. The molecule has 7 heteroatoms. The van der Waals surface area contributed by atoms with Crippen LogP contribution in [0.1, 0.15) is 40.9 Å². The molecular formula is C14H13FN2O4. The number of carbonyl (C=O) groups excluding carboxylic acids is 1. The Morgan fingerprint density at radius 3 is 2.38 bits per heavy atom. The van der Waals surface area contributed by atoms with Gasteiger partial charge in [-0.15, -0.1) is 0 Å². The van der Waals surface area contributed by atoms with Crippen LogP contribution >= 0.6 is 0 Å². The predicted molar refractivity (Wildman–Crippen MR) is 70.9 cm³/mol. The van der Waals surface area contributed by atoms with Crippen LogP contribution in [0, 0.1) is 5.82 Å². The Kier molecular flexibility index (Phi) is 4.02. The first-order valence-corrected chi connectivity index (χ1v) is 6.19. The quantitative estimate of drug-likeness (QED) is 0.691. The summed E-state index contributed by atoms with van der Waals surface area (Å²) in [6.45, 7) is 3.49. The number of rotatable bonds is 4. The summed E-state index contributed by atoms with van der Waals surface area (Å²) in [5, 5.41) is 13.0. The van der Waals surface area contributed by atoms with Crippen molar-refractivity contribution >= 4 is 11.9 Å². The normalized spacial score (nSPS) is 10.7. The molecule has 0 amide bonds. The summed E-state index contributed by atoms with van der Waals surface area (Å²) in [6.07, 6.45) is 0. The lowest BCUT2D eigenvalue weighted by molar-refractivity contribution is 0.0679. The van der Waals surface area contributed by atoms with Crippen LogP contribution in [0.3, 0.4) is 0 Å². The molecule has 0 fully saturated rings. The molecule has 2 rings (SSSR count). The Labute approximate surface area is 119 Å². The van der Waals surface area contributed by atoms with Gasteiger partial charge in [0.1, 0.15) is 17.3 Å². The SMILES string of the molecule is CC(C)n1nc(C(=O)Oc2ccc(F)cc2)cc1C(=O)O. The molecule has 0 bridgehead atoms. The third-order valence-electron chi connectivity index (χ3n) is 2.68. The number of hydrogen-bond acceptors (Lipinski definition) is 4. The first kappa shape index (κ1) is 14.7. The molecule has 0 unspecified atom stereocenters. The second-order valence-corrected chi connectivity index (χ2v) is 4.60. The zero-order valence-corrected chi connectivity index (χ0v) is 11.4. The summed E-state index contributed by atoms with van der Waals surface area (Å²) in [5.41, 5.74) is -0.221. The van der Waals surface area contributed by atoms with Gasteiger partial charge in [0.05, 0.1) is 0 Å². The van der Waals surface area contributed by atoms with Crippen LogP contribution in [0.5, 0.6) is 5.75 Å². The molecule has 0 atom stereocenters. The highest BCUT2D eigenvalue weighted by Gasteiger charge is 2.21. The van der Waals surface area contributed by atoms with Gasteiger partial charge in [0.15, 0.2) is 5.69 Å². The van der Waals surface area contributed by atoms with Gasteiger partial charge >= 0.3 is 11.9 Å². The summed E-state index contributed by atoms with van der Waals surface area (Å²) >= 11 is 0. The molecular weight excluding hydrogens is 279 g/mol. The van der Waals surface area contributed by atoms with Crippen molar-refractivity contribution in [2.75, 3.05) is 0 Å². The lowest BCUT2D eigenvalue weighted by Gasteiger charge is -2.07. The van der Waals surface area contributed by atoms with Gasteiger partial charge in [-0.05, 0) is 38.1 Å². The Morgan fingerprint density at radius 1 is 1.29 bits per heavy atom. The smallest absolute Gasteiger partial charge is 0.364 e. The number of carboxylic acid groups (broad SMARTS) is 1. The van der Waals surface area contributed by atoms with Crippen LogP contribution in [0.4, 0.5) is 4.39 Å². The molecule has 1 N–H and O–H groups in total. The number of carboxylic acids is 1. The molecule has 110 valence electrons. The van der Waals surface area contributed by atoms with E-state index in [1.54, 1.807) is 13.8 Å². The molecule has 1 aromatic heterocycles. The Bertz CT molecular complexity index is 677. The van der Waals surface area contributed by atoms with Crippen molar-refractivity contribution in [2.45, 2.75) is 19.9 Å². The average molecular weight is 292 g/mol. The van der Waals surface area contributed by atoms with Crippen molar-refractivity contribution in [3.63, 3.8) is 0 Å². The topological polar surface area (TPSA) is 81.4 Å². The van der Waals surface area contributed by atoms with Crippen molar-refractivity contribution in [1.82, 2.24) is 9.78 Å². The van der Waals surface area contributed by atoms with Gasteiger partial charge in [-0.25, -0.2) is 14.0 Å². The number of esters is 1. The summed E-state index contributed by atoms with van der Waals surface area (Å²) in [7, 11) is 0. The standard InChI is InChI=1S/C14H13FN2O4/c1-8(2)17-12(13(18)19)7-11(16-17)14(20)21-10-5-3-9(15)4-6-10/h3-8H,1-2H3,(H,18,19). The second-order valence-electron chi connectivity index (χ2n) is 4.60. The molecule has 2 aromatic rings. The zero-order chi connectivity index (χ0) is 15.6. The maximum absolute atomic E-state index is 12.8. The van der Waals surface area contributed by atoms with Crippen molar-refractivity contribution in [1.29, 1.82) is 0 Å². The lowest BCUT2D eigenvalue weighted by Crippen LogP contribution is -2.13. The molecule has 1 heterocycles. The van der Waals surface area contributed by atoms with Crippen LogP contribution in [0.15, 0.2) is 30.3 Å². The number of halogens is 1. The molecule has 0 spiro atoms. The second kappa shape index (κ2) is 5.74. The van der Waals surface area contributed by atoms with Gasteiger partial charge in [0.2, 0.25) is 0 Å². The monoisotopic (exact) mass is 292 g/mol. The minimum atomic E-state index is -1.18. The Hall–Kier alpha value is -2.70. The largest absolute Gasteiger partial charge is 0.477 e. The van der Waals surface area contributed by atoms with Gasteiger partial charge in [-0.2, -0.15) is 5.10 Å². The molecule has 21 heavy (non-hydrogen) atoms. The van der Waals surface area contributed by atoms with Crippen molar-refractivity contribution in [2.24, 2.45) is 0 Å². The molecule has 0 saturated carbocycles. The third-order valence-corrected chi connectivity index (χ3v) is 2.68. The average Bonchev–Trinajstić information content (AvgIpc) is 2.87. The van der Waals surface area contributed by atoms with Gasteiger partial charge in [0, 0.05) is 12.1 Å². The summed E-state index contributed by atoms with van der Waals surface area (Å²) in [5.74, 6) is -2.29. The number of aromatic carboxylic acids is 1. The van der Waals surface area contributed by atoms with Crippen molar-refractivity contribution in [3.05, 3.63) is 47.5 Å². The fourth-order valence-corrected chi connectivity index (χ4v) is 1.71. The van der Waals surface area contributed by atoms with E-state index in [0.717, 1.165) is 18.2 Å². The van der Waals surface area contributed by atoms with Gasteiger partial charge in [-0.1, -0.05) is 0 Å². The first-order chi connectivity index (χ1) is 9.88. The lowest BCUT2D eigenvalue weighted by atomic mass is 10.3. The van der Waals surface area contributed by atoms with Crippen LogP contribution in [-0.4, -0.2) is 26.8 Å². The maximum Gasteiger partial charge on any atom is 0.364 e. The molecule has 0 saturated heterocycles. The first-order valence-electron chi connectivity index (χ1n) is 6.19. The zero-order valence-electron chi connectivity index (χ0n) is 11.4. The van der Waals surface area contributed by atoms with Crippen LogP contribution in [0.2, 0.25) is 0 Å². The van der Waals surface area contributed by atoms with Crippen molar-refractivity contribution in [3.8, 4) is 5.75 Å². The fourth-order valence-electron chi connectivity index (χ4n) is 1.71. The van der Waals surface area contributed by atoms with E-state index in [0.29, 0.717) is 0 Å². The number of hydrogen-bond donors (Lipinski definition) is 1. The highest BCUT2D eigenvalue weighted by atomic mass is 19.1. The number of carbonyl (C=O) groups is 2. The summed E-state index contributed by atoms with van der Waals surface area (Å²) in [4.78, 5) is 23.0. The summed E-state index contributed by atoms with van der Waals surface area (Å²) < 4.78 is 19.0. The van der Waals surface area contributed by atoms with Crippen LogP contribution in [-0.2, 0) is 0 Å². The number of ether oxygens (including phenoxy) is 1. The highest BCUT2D eigenvalue weighted by molar-refractivity contribution is 5.93. The van der Waals surface area contributed by atoms with Crippen LogP contribution < -0.4 is 4.74 Å². The Morgan fingerprint density at radius 2 is 1.90 bits per heavy atom. The van der Waals surface area contributed by atoms with E-state index < -0.39 is 17.8 Å². The van der Waals surface area contributed by atoms with Gasteiger partial charge < -0.3 is 9.84 Å².